The zero-order valence-corrected chi connectivity index (χ0v) is 17.5. The second-order valence-corrected chi connectivity index (χ2v) is 7.57. The predicted octanol–water partition coefficient (Wildman–Crippen LogP) is 4.45. The molecule has 0 atom stereocenters. The highest BCUT2D eigenvalue weighted by Crippen LogP contribution is 2.24. The molecule has 5 aromatic rings. The summed E-state index contributed by atoms with van der Waals surface area (Å²) in [6.07, 6.45) is 1.82. The Bertz CT molecular complexity index is 1510. The van der Waals surface area contributed by atoms with Gasteiger partial charge in [0, 0.05) is 29.4 Å². The van der Waals surface area contributed by atoms with Crippen molar-refractivity contribution in [2.24, 2.45) is 0 Å². The van der Waals surface area contributed by atoms with E-state index in [0.29, 0.717) is 11.2 Å². The molecule has 2 aromatic heterocycles. The number of benzene rings is 3. The summed E-state index contributed by atoms with van der Waals surface area (Å²) in [7, 11) is 0. The number of rotatable bonds is 5. The van der Waals surface area contributed by atoms with Crippen LogP contribution in [-0.2, 0) is 6.54 Å². The number of nitrogens with one attached hydrogen (secondary N) is 2. The minimum Gasteiger partial charge on any atom is -0.348 e. The van der Waals surface area contributed by atoms with Gasteiger partial charge in [0.05, 0.1) is 11.4 Å². The Morgan fingerprint density at radius 3 is 2.48 bits per heavy atom. The van der Waals surface area contributed by atoms with Crippen LogP contribution >= 0.6 is 0 Å². The molecule has 162 valence electrons. The molecule has 0 spiro atoms. The lowest BCUT2D eigenvalue weighted by atomic mass is 10.1. The van der Waals surface area contributed by atoms with Crippen molar-refractivity contribution in [3.8, 4) is 16.9 Å². The zero-order chi connectivity index (χ0) is 22.8. The van der Waals surface area contributed by atoms with Crippen molar-refractivity contribution >= 4 is 16.8 Å². The van der Waals surface area contributed by atoms with E-state index in [1.807, 2.05) is 54.7 Å². The third kappa shape index (κ3) is 4.16. The maximum atomic E-state index is 13.4. The van der Waals surface area contributed by atoms with E-state index in [9.17, 15) is 14.0 Å². The maximum Gasteiger partial charge on any atom is 0.261 e. The molecule has 2 N–H and O–H groups in total. The lowest BCUT2D eigenvalue weighted by molar-refractivity contribution is 0.0949. The molecule has 0 fully saturated rings. The molecule has 0 saturated heterocycles. The number of hydrogen-bond acceptors (Lipinski definition) is 3. The average Bonchev–Trinajstić information content (AvgIpc) is 3.27. The quantitative estimate of drug-likeness (QED) is 0.426. The average molecular weight is 438 g/mol. The number of aromatic nitrogens is 3. The third-order valence-corrected chi connectivity index (χ3v) is 5.37. The monoisotopic (exact) mass is 438 g/mol. The van der Waals surface area contributed by atoms with Gasteiger partial charge in [0.15, 0.2) is 0 Å². The number of hydrogen-bond donors (Lipinski definition) is 2. The fraction of sp³-hybridized carbons (Fsp3) is 0.0385. The summed E-state index contributed by atoms with van der Waals surface area (Å²) in [6.45, 7) is 0.143. The Morgan fingerprint density at radius 1 is 0.970 bits per heavy atom. The molecule has 1 amide bonds. The fourth-order valence-electron chi connectivity index (χ4n) is 3.69. The molecule has 0 unspecified atom stereocenters. The molecule has 33 heavy (non-hydrogen) atoms. The Balaban J connectivity index is 1.47. The molecular weight excluding hydrogens is 419 g/mol. The van der Waals surface area contributed by atoms with Gasteiger partial charge in [0.25, 0.3) is 11.5 Å². The molecule has 2 heterocycles. The summed E-state index contributed by atoms with van der Waals surface area (Å²) >= 11 is 0. The third-order valence-electron chi connectivity index (χ3n) is 5.37. The van der Waals surface area contributed by atoms with Gasteiger partial charge in [-0.1, -0.05) is 36.4 Å². The first-order valence-electron chi connectivity index (χ1n) is 10.4. The normalized spacial score (nSPS) is 10.9. The smallest absolute Gasteiger partial charge is 0.261 e. The number of amides is 1. The Labute approximate surface area is 188 Å². The van der Waals surface area contributed by atoms with Gasteiger partial charge >= 0.3 is 0 Å². The Kier molecular flexibility index (Phi) is 5.28. The van der Waals surface area contributed by atoms with Crippen LogP contribution in [0.2, 0.25) is 0 Å². The molecule has 7 heteroatoms. The molecule has 6 nitrogen and oxygen atoms in total. The highest BCUT2D eigenvalue weighted by Gasteiger charge is 2.16. The first-order valence-corrected chi connectivity index (χ1v) is 10.4. The van der Waals surface area contributed by atoms with Crippen LogP contribution in [0.3, 0.4) is 0 Å². The van der Waals surface area contributed by atoms with Crippen molar-refractivity contribution in [2.75, 3.05) is 0 Å². The van der Waals surface area contributed by atoms with Crippen LogP contribution in [0.4, 0.5) is 4.39 Å². The number of H-pyrrole nitrogens is 1. The van der Waals surface area contributed by atoms with Crippen molar-refractivity contribution < 1.29 is 9.18 Å². The van der Waals surface area contributed by atoms with Gasteiger partial charge in [-0.15, -0.1) is 0 Å². The fourth-order valence-corrected chi connectivity index (χ4v) is 3.69. The molecule has 0 aliphatic rings. The summed E-state index contributed by atoms with van der Waals surface area (Å²) in [5, 5.41) is 8.25. The van der Waals surface area contributed by atoms with Gasteiger partial charge in [0.1, 0.15) is 11.4 Å². The number of para-hydroxylation sites is 2. The summed E-state index contributed by atoms with van der Waals surface area (Å²) in [5.41, 5.74) is 3.17. The molecule has 0 aliphatic heterocycles. The second-order valence-electron chi connectivity index (χ2n) is 7.57. The first kappa shape index (κ1) is 20.4. The van der Waals surface area contributed by atoms with Crippen molar-refractivity contribution in [2.45, 2.75) is 6.54 Å². The van der Waals surface area contributed by atoms with Gasteiger partial charge in [-0.25, -0.2) is 9.07 Å². The number of nitrogens with zero attached hydrogens (tertiary/aromatic N) is 2. The van der Waals surface area contributed by atoms with Gasteiger partial charge in [-0.05, 0) is 53.9 Å². The predicted molar refractivity (Wildman–Crippen MR) is 125 cm³/mol. The molecule has 5 rings (SSSR count). The number of aromatic amines is 1. The van der Waals surface area contributed by atoms with E-state index >= 15 is 0 Å². The SMILES string of the molecule is O=C(NCc1cn(-c2ccccc2)nc1-c1ccc(F)cc1)c1cc2ccccc2[nH]c1=O. The maximum absolute atomic E-state index is 13.4. The topological polar surface area (TPSA) is 79.8 Å². The number of fused-ring (bicyclic) bond motifs is 1. The molecule has 0 aliphatic carbocycles. The lowest BCUT2D eigenvalue weighted by Gasteiger charge is -2.06. The number of halogens is 1. The molecular formula is C26H19FN4O2. The summed E-state index contributed by atoms with van der Waals surface area (Å²) in [5.74, 6) is -0.828. The van der Waals surface area contributed by atoms with E-state index in [2.05, 4.69) is 15.4 Å². The van der Waals surface area contributed by atoms with Gasteiger partial charge in [-0.3, -0.25) is 9.59 Å². The van der Waals surface area contributed by atoms with Crippen molar-refractivity contribution in [1.82, 2.24) is 20.1 Å². The van der Waals surface area contributed by atoms with Gasteiger partial charge in [0.2, 0.25) is 0 Å². The van der Waals surface area contributed by atoms with Crippen LogP contribution in [0.5, 0.6) is 0 Å². The van der Waals surface area contributed by atoms with Crippen molar-refractivity contribution in [3.05, 3.63) is 118 Å². The number of pyridine rings is 1. The van der Waals surface area contributed by atoms with Gasteiger partial charge in [-0.2, -0.15) is 5.10 Å². The van der Waals surface area contributed by atoms with Crippen molar-refractivity contribution in [1.29, 1.82) is 0 Å². The van der Waals surface area contributed by atoms with Crippen LogP contribution in [0.1, 0.15) is 15.9 Å². The second kappa shape index (κ2) is 8.55. The van der Waals surface area contributed by atoms with E-state index in [4.69, 9.17) is 0 Å². The van der Waals surface area contributed by atoms with E-state index in [-0.39, 0.29) is 17.9 Å². The summed E-state index contributed by atoms with van der Waals surface area (Å²) < 4.78 is 15.2. The number of carbonyl (C=O) groups excluding carboxylic acids is 1. The standard InChI is InChI=1S/C26H19FN4O2/c27-20-12-10-17(11-13-20)24-19(16-31(30-24)21-7-2-1-3-8-21)15-28-25(32)22-14-18-6-4-5-9-23(18)29-26(22)33/h1-14,16H,15H2,(H,28,32)(H,29,33). The van der Waals surface area contributed by atoms with Crippen LogP contribution in [0, 0.1) is 5.82 Å². The van der Waals surface area contributed by atoms with E-state index < -0.39 is 11.5 Å². The van der Waals surface area contributed by atoms with Crippen LogP contribution in [0.15, 0.2) is 95.9 Å². The van der Waals surface area contributed by atoms with E-state index in [1.165, 1.54) is 12.1 Å². The Hall–Kier alpha value is -4.52. The first-order chi connectivity index (χ1) is 16.1. The molecule has 0 radical (unpaired) electrons. The van der Waals surface area contributed by atoms with E-state index in [0.717, 1.165) is 22.2 Å². The molecule has 0 bridgehead atoms. The number of carbonyl (C=O) groups is 1. The molecule has 0 saturated carbocycles. The van der Waals surface area contributed by atoms with E-state index in [1.54, 1.807) is 28.9 Å². The largest absolute Gasteiger partial charge is 0.348 e. The minimum atomic E-state index is -0.487. The zero-order valence-electron chi connectivity index (χ0n) is 17.5. The highest BCUT2D eigenvalue weighted by atomic mass is 19.1. The van der Waals surface area contributed by atoms with Crippen LogP contribution < -0.4 is 10.9 Å². The Morgan fingerprint density at radius 2 is 1.70 bits per heavy atom. The van der Waals surface area contributed by atoms with Crippen molar-refractivity contribution in [3.63, 3.8) is 0 Å². The van der Waals surface area contributed by atoms with Gasteiger partial charge < -0.3 is 10.3 Å². The minimum absolute atomic E-state index is 0.0347. The highest BCUT2D eigenvalue weighted by molar-refractivity contribution is 5.97. The molecule has 3 aromatic carbocycles. The van der Waals surface area contributed by atoms with Crippen LogP contribution in [-0.4, -0.2) is 20.7 Å². The lowest BCUT2D eigenvalue weighted by Crippen LogP contribution is -2.29. The van der Waals surface area contributed by atoms with Crippen LogP contribution in [0.25, 0.3) is 27.8 Å². The summed E-state index contributed by atoms with van der Waals surface area (Å²) in [6, 6.07) is 24.4. The summed E-state index contributed by atoms with van der Waals surface area (Å²) in [4.78, 5) is 28.0.